The van der Waals surface area contributed by atoms with Crippen LogP contribution in [0.2, 0.25) is 0 Å². The molecule has 0 aromatic rings. The summed E-state index contributed by atoms with van der Waals surface area (Å²) in [5.41, 5.74) is 0. The highest BCUT2D eigenvalue weighted by Crippen LogP contribution is 2.80. The molecule has 0 radical (unpaired) electrons. The second-order valence-electron chi connectivity index (χ2n) is 10.5. The molecule has 0 atom stereocenters. The van der Waals surface area contributed by atoms with E-state index >= 15 is 0 Å². The van der Waals surface area contributed by atoms with Gasteiger partial charge in [-0.15, -0.1) is 0 Å². The van der Waals surface area contributed by atoms with Crippen molar-refractivity contribution in [1.82, 2.24) is 0 Å². The molecular weight excluding hydrogens is 401 g/mol. The van der Waals surface area contributed by atoms with Gasteiger partial charge in [0.05, 0.1) is 8.16 Å². The number of rotatable bonds is 0. The van der Waals surface area contributed by atoms with Gasteiger partial charge in [0.15, 0.2) is 0 Å². The maximum absolute atomic E-state index is 2.44. The van der Waals surface area contributed by atoms with Crippen molar-refractivity contribution in [3.8, 4) is 0 Å². The molecule has 2 spiro atoms. The Hall–Kier alpha value is 1.75. The van der Waals surface area contributed by atoms with Gasteiger partial charge in [-0.05, 0) is 121 Å². The summed E-state index contributed by atoms with van der Waals surface area (Å²) < 4.78 is 1.15. The maximum atomic E-state index is 2.44. The summed E-state index contributed by atoms with van der Waals surface area (Å²) >= 11 is 0. The predicted molar refractivity (Wildman–Crippen MR) is 118 cm³/mol. The van der Waals surface area contributed by atoms with Crippen LogP contribution in [0.15, 0.2) is 0 Å². The molecule has 8 aliphatic carbocycles. The summed E-state index contributed by atoms with van der Waals surface area (Å²) in [6.07, 6.45) is 15.8. The van der Waals surface area contributed by atoms with Crippen molar-refractivity contribution < 1.29 is 0 Å². The average Bonchev–Trinajstić information content (AvgIpc) is 2.78. The summed E-state index contributed by atoms with van der Waals surface area (Å²) in [5, 5.41) is 0. The van der Waals surface area contributed by atoms with Gasteiger partial charge in [-0.3, -0.25) is 0 Å². The molecule has 0 aromatic heterocycles. The Kier molecular flexibility index (Phi) is 3.75. The van der Waals surface area contributed by atoms with Crippen molar-refractivity contribution in [2.75, 3.05) is 0 Å². The highest BCUT2D eigenvalue weighted by molar-refractivity contribution is 9.13. The third-order valence-electron chi connectivity index (χ3n) is 9.18. The Labute approximate surface area is 171 Å². The minimum absolute atomic E-state index is 0.577. The zero-order valence-corrected chi connectivity index (χ0v) is 18.8. The van der Waals surface area contributed by atoms with Crippen molar-refractivity contribution in [1.29, 1.82) is 0 Å². The maximum Gasteiger partial charge on any atom is 0.0882 e. The lowest BCUT2D eigenvalue weighted by atomic mass is 9.56. The molecule has 0 unspecified atom stereocenters. The molecule has 1 heterocycles. The van der Waals surface area contributed by atoms with Gasteiger partial charge in [-0.25, -0.2) is 0 Å². The quantitative estimate of drug-likeness (QED) is 0.361. The van der Waals surface area contributed by atoms with Crippen LogP contribution >= 0.6 is 53.0 Å². The Morgan fingerprint density at radius 2 is 0.720 bits per heavy atom. The van der Waals surface area contributed by atoms with E-state index in [9.17, 15) is 0 Å². The smallest absolute Gasteiger partial charge is 0.0733 e. The highest BCUT2D eigenvalue weighted by Gasteiger charge is 2.64. The first-order valence-corrected chi connectivity index (χ1v) is 16.3. The third-order valence-corrected chi connectivity index (χ3v) is 20.6. The van der Waals surface area contributed by atoms with Crippen LogP contribution in [0.3, 0.4) is 0 Å². The number of hydrogen-bond donors (Lipinski definition) is 0. The second-order valence-corrected chi connectivity index (χ2v) is 18.1. The fourth-order valence-corrected chi connectivity index (χ4v) is 23.0. The summed E-state index contributed by atoms with van der Waals surface area (Å²) in [6.45, 7) is 0. The molecule has 0 N–H and O–H groups in total. The lowest BCUT2D eigenvalue weighted by molar-refractivity contribution is 0.0150. The van der Waals surface area contributed by atoms with Crippen LogP contribution in [0.5, 0.6) is 0 Å². The molecule has 0 aromatic carbocycles. The third kappa shape index (κ3) is 2.23. The minimum Gasteiger partial charge on any atom is -0.0733 e. The van der Waals surface area contributed by atoms with E-state index < -0.39 is 0 Å². The molecule has 5 heteroatoms. The van der Waals surface area contributed by atoms with Crippen molar-refractivity contribution in [2.45, 2.75) is 72.4 Å². The first kappa shape index (κ1) is 16.5. The molecule has 0 nitrogen and oxygen atoms in total. The van der Waals surface area contributed by atoms with Gasteiger partial charge in [0.1, 0.15) is 0 Å². The van der Waals surface area contributed by atoms with Crippen LogP contribution in [0.25, 0.3) is 0 Å². The molecule has 0 amide bonds. The van der Waals surface area contributed by atoms with Gasteiger partial charge in [-0.1, -0.05) is 43.2 Å². The molecule has 9 aliphatic rings. The largest absolute Gasteiger partial charge is 0.0882 e. The summed E-state index contributed by atoms with van der Waals surface area (Å²) in [5.74, 6) is 8.56. The van der Waals surface area contributed by atoms with Gasteiger partial charge in [0.2, 0.25) is 0 Å². The topological polar surface area (TPSA) is 0 Å². The van der Waals surface area contributed by atoms with Crippen molar-refractivity contribution in [2.24, 2.45) is 47.3 Å². The summed E-state index contributed by atoms with van der Waals surface area (Å²) in [7, 11) is 11.9. The summed E-state index contributed by atoms with van der Waals surface area (Å²) in [4.78, 5) is 0. The highest BCUT2D eigenvalue weighted by atomic mass is 33.5. The van der Waals surface area contributed by atoms with Gasteiger partial charge in [-0.2, -0.15) is 0 Å². The van der Waals surface area contributed by atoms with E-state index in [2.05, 4.69) is 53.0 Å². The molecule has 1 aliphatic heterocycles. The Morgan fingerprint density at radius 1 is 0.400 bits per heavy atom. The van der Waals surface area contributed by atoms with Crippen LogP contribution in [-0.4, -0.2) is 8.16 Å². The van der Waals surface area contributed by atoms with Crippen molar-refractivity contribution in [3.63, 3.8) is 0 Å². The van der Waals surface area contributed by atoms with Crippen LogP contribution < -0.4 is 0 Å². The van der Waals surface area contributed by atoms with E-state index in [0.29, 0.717) is 8.16 Å². The SMILES string of the molecule is C1C2CC3CC1CC(C2)C31SSSC2(SS1)C1CC3CC(C1)CC2C3. The molecule has 25 heavy (non-hydrogen) atoms. The summed E-state index contributed by atoms with van der Waals surface area (Å²) in [6, 6.07) is 0. The van der Waals surface area contributed by atoms with Crippen LogP contribution in [0.4, 0.5) is 0 Å². The van der Waals surface area contributed by atoms with Crippen LogP contribution in [-0.2, 0) is 0 Å². The fraction of sp³-hybridized carbons (Fsp3) is 1.00. The molecule has 8 saturated carbocycles. The van der Waals surface area contributed by atoms with Crippen molar-refractivity contribution in [3.05, 3.63) is 0 Å². The standard InChI is InChI=1S/C20H28S5/c1-11-3-15-5-12(1)6-16(4-11)19(15)21-22-20(24-25-23-19)17-7-13-2-14(9-17)10-18(20)8-13/h11-18H,1-10H2. The van der Waals surface area contributed by atoms with E-state index in [1.54, 1.807) is 64.2 Å². The zero-order valence-electron chi connectivity index (χ0n) is 14.7. The molecule has 1 saturated heterocycles. The lowest BCUT2D eigenvalue weighted by Gasteiger charge is -2.61. The number of hydrogen-bond acceptors (Lipinski definition) is 5. The molecule has 9 fully saturated rings. The average molecular weight is 429 g/mol. The van der Waals surface area contributed by atoms with E-state index in [1.807, 2.05) is 0 Å². The van der Waals surface area contributed by atoms with E-state index in [-0.39, 0.29) is 0 Å². The molecule has 9 rings (SSSR count). The van der Waals surface area contributed by atoms with Gasteiger partial charge in [0, 0.05) is 0 Å². The van der Waals surface area contributed by atoms with Gasteiger partial charge >= 0.3 is 0 Å². The predicted octanol–water partition coefficient (Wildman–Crippen LogP) is 7.72. The molecule has 138 valence electrons. The van der Waals surface area contributed by atoms with Crippen molar-refractivity contribution >= 4 is 53.0 Å². The zero-order chi connectivity index (χ0) is 16.2. The normalized spacial score (nSPS) is 64.3. The Balaban J connectivity index is 1.21. The minimum atomic E-state index is 0.577. The van der Waals surface area contributed by atoms with E-state index in [4.69, 9.17) is 0 Å². The first-order valence-electron chi connectivity index (χ1n) is 10.6. The van der Waals surface area contributed by atoms with Crippen LogP contribution in [0, 0.1) is 47.3 Å². The first-order chi connectivity index (χ1) is 12.2. The van der Waals surface area contributed by atoms with Crippen LogP contribution in [0.1, 0.15) is 64.2 Å². The fourth-order valence-electron chi connectivity index (χ4n) is 8.51. The van der Waals surface area contributed by atoms with E-state index in [0.717, 1.165) is 47.3 Å². The molecule has 8 bridgehead atoms. The van der Waals surface area contributed by atoms with E-state index in [1.165, 1.54) is 0 Å². The Bertz CT molecular complexity index is 483. The Morgan fingerprint density at radius 3 is 1.04 bits per heavy atom. The molecular formula is C20H28S5. The van der Waals surface area contributed by atoms with Gasteiger partial charge in [0.25, 0.3) is 0 Å². The monoisotopic (exact) mass is 428 g/mol. The lowest BCUT2D eigenvalue weighted by Crippen LogP contribution is -2.54. The second kappa shape index (κ2) is 5.67. The van der Waals surface area contributed by atoms with Gasteiger partial charge < -0.3 is 0 Å².